The molecular formula is C18H12N2O3. The summed E-state index contributed by atoms with van der Waals surface area (Å²) in [6.07, 6.45) is 2.96. The molecule has 2 rings (SSSR count). The third-order valence-corrected chi connectivity index (χ3v) is 3.05. The maximum absolute atomic E-state index is 9.48. The van der Waals surface area contributed by atoms with E-state index in [1.807, 2.05) is 12.1 Å². The van der Waals surface area contributed by atoms with Crippen LogP contribution in [-0.4, -0.2) is 15.3 Å². The van der Waals surface area contributed by atoms with Crippen molar-refractivity contribution in [1.29, 1.82) is 10.5 Å². The highest BCUT2D eigenvalue weighted by atomic mass is 16.3. The summed E-state index contributed by atoms with van der Waals surface area (Å²) in [5.74, 6) is -0.464. The second kappa shape index (κ2) is 6.84. The highest BCUT2D eigenvalue weighted by Gasteiger charge is 2.06. The van der Waals surface area contributed by atoms with Gasteiger partial charge in [-0.05, 0) is 47.5 Å². The molecule has 0 fully saturated rings. The van der Waals surface area contributed by atoms with Crippen molar-refractivity contribution in [3.8, 4) is 29.4 Å². The predicted molar refractivity (Wildman–Crippen MR) is 85.1 cm³/mol. The van der Waals surface area contributed by atoms with E-state index in [1.54, 1.807) is 12.1 Å². The Morgan fingerprint density at radius 3 is 1.78 bits per heavy atom. The zero-order valence-electron chi connectivity index (χ0n) is 11.9. The predicted octanol–water partition coefficient (Wildman–Crippen LogP) is 3.32. The van der Waals surface area contributed by atoms with Gasteiger partial charge in [0.05, 0.1) is 11.1 Å². The van der Waals surface area contributed by atoms with Crippen molar-refractivity contribution in [2.75, 3.05) is 0 Å². The Labute approximate surface area is 132 Å². The third kappa shape index (κ3) is 3.90. The van der Waals surface area contributed by atoms with Crippen molar-refractivity contribution in [2.24, 2.45) is 0 Å². The molecule has 0 saturated carbocycles. The molecule has 0 atom stereocenters. The van der Waals surface area contributed by atoms with Gasteiger partial charge in [0.2, 0.25) is 0 Å². The summed E-state index contributed by atoms with van der Waals surface area (Å²) in [7, 11) is 0. The Kier molecular flexibility index (Phi) is 4.66. The molecule has 0 aliphatic heterocycles. The molecule has 0 saturated heterocycles. The largest absolute Gasteiger partial charge is 0.508 e. The van der Waals surface area contributed by atoms with Gasteiger partial charge in [0.25, 0.3) is 0 Å². The lowest BCUT2D eigenvalue weighted by molar-refractivity contribution is 0.403. The smallest absolute Gasteiger partial charge is 0.157 e. The standard InChI is InChI=1S/C18H12N2O3/c19-10-14(7-12-1-4-16(21)5-2-12)15(11-20)8-13-3-6-17(22)18(23)9-13/h1-9,21-23H/b14-7+,15-8+. The first-order chi connectivity index (χ1) is 11.0. The van der Waals surface area contributed by atoms with Gasteiger partial charge in [0.1, 0.15) is 17.9 Å². The number of aromatic hydroxyl groups is 3. The van der Waals surface area contributed by atoms with Crippen LogP contribution < -0.4 is 0 Å². The SMILES string of the molecule is N#CC(=C\c1ccc(O)cc1)/C(C#N)=C/c1ccc(O)c(O)c1. The summed E-state index contributed by atoms with van der Waals surface area (Å²) in [4.78, 5) is 0. The van der Waals surface area contributed by atoms with Crippen LogP contribution in [0.3, 0.4) is 0 Å². The quantitative estimate of drug-likeness (QED) is 0.458. The molecule has 2 aromatic carbocycles. The van der Waals surface area contributed by atoms with E-state index in [0.29, 0.717) is 11.1 Å². The summed E-state index contributed by atoms with van der Waals surface area (Å²) in [6, 6.07) is 14.2. The maximum atomic E-state index is 9.48. The van der Waals surface area contributed by atoms with Crippen molar-refractivity contribution in [3.05, 3.63) is 64.7 Å². The molecule has 0 amide bonds. The fourth-order valence-electron chi connectivity index (χ4n) is 1.87. The topological polar surface area (TPSA) is 108 Å². The van der Waals surface area contributed by atoms with Crippen molar-refractivity contribution >= 4 is 12.2 Å². The van der Waals surface area contributed by atoms with Crippen molar-refractivity contribution < 1.29 is 15.3 Å². The summed E-state index contributed by atoms with van der Waals surface area (Å²) in [6.45, 7) is 0. The van der Waals surface area contributed by atoms with Crippen LogP contribution in [-0.2, 0) is 0 Å². The van der Waals surface area contributed by atoms with E-state index in [9.17, 15) is 25.8 Å². The van der Waals surface area contributed by atoms with E-state index >= 15 is 0 Å². The Hall–Kier alpha value is -3.70. The molecule has 112 valence electrons. The minimum Gasteiger partial charge on any atom is -0.508 e. The molecule has 2 aromatic rings. The molecule has 0 aromatic heterocycles. The highest BCUT2D eigenvalue weighted by molar-refractivity contribution is 5.74. The molecule has 0 unspecified atom stereocenters. The van der Waals surface area contributed by atoms with Crippen LogP contribution in [0.4, 0.5) is 0 Å². The van der Waals surface area contributed by atoms with Crippen molar-refractivity contribution in [2.45, 2.75) is 0 Å². The molecular weight excluding hydrogens is 292 g/mol. The van der Waals surface area contributed by atoms with Gasteiger partial charge in [-0.15, -0.1) is 0 Å². The Bertz CT molecular complexity index is 867. The van der Waals surface area contributed by atoms with Gasteiger partial charge in [0.15, 0.2) is 11.5 Å². The van der Waals surface area contributed by atoms with Crippen molar-refractivity contribution in [1.82, 2.24) is 0 Å². The van der Waals surface area contributed by atoms with Crippen LogP contribution in [0.25, 0.3) is 12.2 Å². The van der Waals surface area contributed by atoms with Crippen LogP contribution >= 0.6 is 0 Å². The fourth-order valence-corrected chi connectivity index (χ4v) is 1.87. The summed E-state index contributed by atoms with van der Waals surface area (Å²) in [5, 5.41) is 46.6. The lowest BCUT2D eigenvalue weighted by Crippen LogP contribution is -1.86. The second-order valence-electron chi connectivity index (χ2n) is 4.68. The van der Waals surface area contributed by atoms with Gasteiger partial charge in [-0.25, -0.2) is 0 Å². The first-order valence-electron chi connectivity index (χ1n) is 6.58. The Morgan fingerprint density at radius 1 is 0.739 bits per heavy atom. The number of phenols is 3. The summed E-state index contributed by atoms with van der Waals surface area (Å²) < 4.78 is 0. The molecule has 23 heavy (non-hydrogen) atoms. The molecule has 5 heteroatoms. The van der Waals surface area contributed by atoms with Crippen LogP contribution in [0.2, 0.25) is 0 Å². The number of allylic oxidation sites excluding steroid dienone is 2. The van der Waals surface area contributed by atoms with Gasteiger partial charge >= 0.3 is 0 Å². The number of benzene rings is 2. The normalized spacial score (nSPS) is 11.6. The minimum absolute atomic E-state index is 0.108. The van der Waals surface area contributed by atoms with E-state index in [1.165, 1.54) is 42.5 Å². The number of hydrogen-bond acceptors (Lipinski definition) is 5. The zero-order valence-corrected chi connectivity index (χ0v) is 11.9. The lowest BCUT2D eigenvalue weighted by atomic mass is 10.0. The number of hydrogen-bond donors (Lipinski definition) is 3. The van der Waals surface area contributed by atoms with E-state index in [2.05, 4.69) is 0 Å². The Morgan fingerprint density at radius 2 is 1.26 bits per heavy atom. The maximum Gasteiger partial charge on any atom is 0.157 e. The zero-order chi connectivity index (χ0) is 16.8. The van der Waals surface area contributed by atoms with E-state index < -0.39 is 0 Å². The lowest BCUT2D eigenvalue weighted by Gasteiger charge is -2.01. The van der Waals surface area contributed by atoms with Gasteiger partial charge in [-0.1, -0.05) is 18.2 Å². The molecule has 3 N–H and O–H groups in total. The molecule has 0 aliphatic rings. The Balaban J connectivity index is 2.43. The van der Waals surface area contributed by atoms with Crippen LogP contribution in [0.5, 0.6) is 17.2 Å². The van der Waals surface area contributed by atoms with Gasteiger partial charge in [-0.2, -0.15) is 10.5 Å². The fraction of sp³-hybridized carbons (Fsp3) is 0. The average molecular weight is 304 g/mol. The first-order valence-corrected chi connectivity index (χ1v) is 6.58. The monoisotopic (exact) mass is 304 g/mol. The molecule has 0 bridgehead atoms. The average Bonchev–Trinajstić information content (AvgIpc) is 2.55. The van der Waals surface area contributed by atoms with E-state index in [4.69, 9.17) is 0 Å². The van der Waals surface area contributed by atoms with Crippen LogP contribution in [0, 0.1) is 22.7 Å². The van der Waals surface area contributed by atoms with Gasteiger partial charge in [0, 0.05) is 0 Å². The highest BCUT2D eigenvalue weighted by Crippen LogP contribution is 2.27. The van der Waals surface area contributed by atoms with Gasteiger partial charge in [-0.3, -0.25) is 0 Å². The van der Waals surface area contributed by atoms with Gasteiger partial charge < -0.3 is 15.3 Å². The number of nitriles is 2. The van der Waals surface area contributed by atoms with Crippen molar-refractivity contribution in [3.63, 3.8) is 0 Å². The number of rotatable bonds is 3. The second-order valence-corrected chi connectivity index (χ2v) is 4.68. The molecule has 0 heterocycles. The number of nitrogens with zero attached hydrogens (tertiary/aromatic N) is 2. The number of phenolic OH excluding ortho intramolecular Hbond substituents is 3. The molecule has 0 aliphatic carbocycles. The third-order valence-electron chi connectivity index (χ3n) is 3.05. The minimum atomic E-state index is -0.308. The molecule has 0 radical (unpaired) electrons. The first kappa shape index (κ1) is 15.7. The summed E-state index contributed by atoms with van der Waals surface area (Å²) >= 11 is 0. The van der Waals surface area contributed by atoms with E-state index in [0.717, 1.165) is 0 Å². The van der Waals surface area contributed by atoms with E-state index in [-0.39, 0.29) is 28.4 Å². The molecule has 0 spiro atoms. The van der Waals surface area contributed by atoms with Crippen LogP contribution in [0.15, 0.2) is 53.6 Å². The summed E-state index contributed by atoms with van der Waals surface area (Å²) in [5.41, 5.74) is 1.40. The van der Waals surface area contributed by atoms with Crippen LogP contribution in [0.1, 0.15) is 11.1 Å². The molecule has 5 nitrogen and oxygen atoms in total.